The third kappa shape index (κ3) is 6.07. The predicted molar refractivity (Wildman–Crippen MR) is 160 cm³/mol. The van der Waals surface area contributed by atoms with E-state index in [1.54, 1.807) is 0 Å². The highest BCUT2D eigenvalue weighted by Crippen LogP contribution is 2.62. The van der Waals surface area contributed by atoms with Gasteiger partial charge in [-0.25, -0.2) is 0 Å². The molecule has 2 aromatic rings. The van der Waals surface area contributed by atoms with Gasteiger partial charge in [-0.2, -0.15) is 0 Å². The number of nitrogens with zero attached hydrogens (tertiary/aromatic N) is 1. The molecule has 2 aliphatic rings. The molecule has 4 rings (SSSR count). The van der Waals surface area contributed by atoms with Gasteiger partial charge in [0.15, 0.2) is 0 Å². The van der Waals surface area contributed by atoms with Crippen LogP contribution < -0.4 is 0 Å². The van der Waals surface area contributed by atoms with E-state index in [4.69, 9.17) is 9.47 Å². The summed E-state index contributed by atoms with van der Waals surface area (Å²) in [6.07, 6.45) is 1.60. The molecule has 1 N–H and O–H groups in total. The van der Waals surface area contributed by atoms with Gasteiger partial charge in [-0.1, -0.05) is 93.9 Å². The van der Waals surface area contributed by atoms with Gasteiger partial charge in [0, 0.05) is 30.0 Å². The molecule has 0 bridgehead atoms. The quantitative estimate of drug-likeness (QED) is 0.305. The third-order valence-corrected chi connectivity index (χ3v) is 9.27. The number of carbonyl (C=O) groups excluding carboxylic acids is 1. The number of likely N-dealkylation sites (N-methyl/N-ethyl adjacent to an activating group) is 1. The first-order chi connectivity index (χ1) is 19.2. The zero-order valence-corrected chi connectivity index (χ0v) is 25.4. The summed E-state index contributed by atoms with van der Waals surface area (Å²) in [7, 11) is 0. The van der Waals surface area contributed by atoms with E-state index in [2.05, 4.69) is 52.0 Å². The first-order valence-electron chi connectivity index (χ1n) is 15.1. The number of carbonyl (C=O) groups is 1. The fourth-order valence-electron chi connectivity index (χ4n) is 7.06. The van der Waals surface area contributed by atoms with Crippen LogP contribution in [0.1, 0.15) is 65.5 Å². The molecule has 0 aliphatic heterocycles. The summed E-state index contributed by atoms with van der Waals surface area (Å²) in [5.74, 6) is 0.496. The normalized spacial score (nSPS) is 23.7. The predicted octanol–water partition coefficient (Wildman–Crippen LogP) is 6.65. The fraction of sp³-hybridized carbons (Fsp3) is 0.571. The molecule has 2 aromatic carbocycles. The molecule has 1 saturated carbocycles. The van der Waals surface area contributed by atoms with Crippen molar-refractivity contribution in [2.24, 2.45) is 29.1 Å². The van der Waals surface area contributed by atoms with Gasteiger partial charge in [-0.3, -0.25) is 4.79 Å². The van der Waals surface area contributed by atoms with Crippen molar-refractivity contribution < 1.29 is 19.4 Å². The maximum absolute atomic E-state index is 13.9. The molecule has 218 valence electrons. The van der Waals surface area contributed by atoms with E-state index >= 15 is 0 Å². The minimum absolute atomic E-state index is 0.0128. The van der Waals surface area contributed by atoms with Crippen molar-refractivity contribution in [2.45, 2.75) is 73.2 Å². The number of amides is 1. The number of hydrogen-bond acceptors (Lipinski definition) is 4. The van der Waals surface area contributed by atoms with E-state index in [0.29, 0.717) is 57.4 Å². The lowest BCUT2D eigenvalue weighted by Crippen LogP contribution is -2.64. The van der Waals surface area contributed by atoms with Gasteiger partial charge in [-0.15, -0.1) is 0 Å². The highest BCUT2D eigenvalue weighted by Gasteiger charge is 2.64. The van der Waals surface area contributed by atoms with Crippen LogP contribution in [0.3, 0.4) is 0 Å². The summed E-state index contributed by atoms with van der Waals surface area (Å²) >= 11 is 0. The Balaban J connectivity index is 1.69. The van der Waals surface area contributed by atoms with Crippen molar-refractivity contribution >= 4 is 5.91 Å². The van der Waals surface area contributed by atoms with E-state index in [1.807, 2.05) is 55.1 Å². The second-order valence-electron chi connectivity index (χ2n) is 12.6. The minimum atomic E-state index is -1.11. The van der Waals surface area contributed by atoms with E-state index in [9.17, 15) is 9.90 Å². The molecule has 5 heteroatoms. The lowest BCUT2D eigenvalue weighted by Gasteiger charge is -2.61. The molecule has 0 aromatic heterocycles. The van der Waals surface area contributed by atoms with Crippen LogP contribution in [0, 0.1) is 29.1 Å². The molecule has 0 heterocycles. The molecule has 0 spiro atoms. The summed E-state index contributed by atoms with van der Waals surface area (Å²) in [5, 5.41) is 12.2. The summed E-state index contributed by atoms with van der Waals surface area (Å²) in [4.78, 5) is 15.7. The smallest absolute Gasteiger partial charge is 0.252 e. The first kappa shape index (κ1) is 30.5. The van der Waals surface area contributed by atoms with Crippen molar-refractivity contribution in [1.29, 1.82) is 0 Å². The monoisotopic (exact) mass is 547 g/mol. The molecule has 2 aliphatic carbocycles. The Kier molecular flexibility index (Phi) is 9.92. The molecule has 0 unspecified atom stereocenters. The molecule has 40 heavy (non-hydrogen) atoms. The Morgan fingerprint density at radius 1 is 0.900 bits per heavy atom. The van der Waals surface area contributed by atoms with Crippen molar-refractivity contribution in [3.63, 3.8) is 0 Å². The molecule has 0 saturated heterocycles. The topological polar surface area (TPSA) is 59.0 Å². The molecule has 5 nitrogen and oxygen atoms in total. The lowest BCUT2D eigenvalue weighted by molar-refractivity contribution is -0.146. The van der Waals surface area contributed by atoms with Gasteiger partial charge in [0.1, 0.15) is 5.60 Å². The fourth-order valence-corrected chi connectivity index (χ4v) is 7.06. The lowest BCUT2D eigenvalue weighted by atomic mass is 9.46. The second kappa shape index (κ2) is 13.0. The summed E-state index contributed by atoms with van der Waals surface area (Å²) in [6, 6.07) is 20.5. The average molecular weight is 548 g/mol. The SMILES string of the molecule is CCN(CC)C(=O)C1=C2CC(COCc3ccccc3)(COCc3ccccc3)C[C@H](C(C)C)[C@H]2[C@]1(O)C(C)C. The van der Waals surface area contributed by atoms with Crippen LogP contribution in [0.25, 0.3) is 0 Å². The van der Waals surface area contributed by atoms with E-state index < -0.39 is 5.60 Å². The van der Waals surface area contributed by atoms with Gasteiger partial charge >= 0.3 is 0 Å². The highest BCUT2D eigenvalue weighted by molar-refractivity contribution is 5.99. The van der Waals surface area contributed by atoms with Crippen LogP contribution in [0.15, 0.2) is 71.8 Å². The van der Waals surface area contributed by atoms with E-state index in [0.717, 1.165) is 23.1 Å². The zero-order chi connectivity index (χ0) is 28.9. The van der Waals surface area contributed by atoms with Gasteiger partial charge in [0.25, 0.3) is 5.91 Å². The summed E-state index contributed by atoms with van der Waals surface area (Å²) in [6.45, 7) is 16.0. The zero-order valence-electron chi connectivity index (χ0n) is 25.4. The van der Waals surface area contributed by atoms with E-state index in [-0.39, 0.29) is 29.1 Å². The maximum atomic E-state index is 13.9. The maximum Gasteiger partial charge on any atom is 0.252 e. The second-order valence-corrected chi connectivity index (χ2v) is 12.6. The van der Waals surface area contributed by atoms with Crippen molar-refractivity contribution in [3.8, 4) is 0 Å². The Hall–Kier alpha value is -2.47. The highest BCUT2D eigenvalue weighted by atomic mass is 16.5. The van der Waals surface area contributed by atoms with Crippen LogP contribution in [0.4, 0.5) is 0 Å². The van der Waals surface area contributed by atoms with Crippen molar-refractivity contribution in [3.05, 3.63) is 82.9 Å². The van der Waals surface area contributed by atoms with Crippen LogP contribution in [-0.4, -0.2) is 47.8 Å². The average Bonchev–Trinajstić information content (AvgIpc) is 2.94. The molecule has 3 atom stereocenters. The standard InChI is InChI=1S/C35H49NO4/c1-7-36(8-2)33(37)32-30-20-34(23-39-21-27-15-11-9-12-16-27,24-40-22-28-17-13-10-14-18-28)19-29(25(3)4)31(30)35(32,38)26(5)6/h9-18,25-26,29,31,38H,7-8,19-24H2,1-6H3/t29-,31-,35-/m1/s1. The number of ether oxygens (including phenoxy) is 2. The van der Waals surface area contributed by atoms with Crippen LogP contribution in [0.5, 0.6) is 0 Å². The molecule has 1 fully saturated rings. The van der Waals surface area contributed by atoms with Crippen LogP contribution >= 0.6 is 0 Å². The van der Waals surface area contributed by atoms with Gasteiger partial charge in [0.2, 0.25) is 0 Å². The Morgan fingerprint density at radius 2 is 1.40 bits per heavy atom. The van der Waals surface area contributed by atoms with E-state index in [1.165, 1.54) is 0 Å². The molecular formula is C35H49NO4. The molecule has 1 amide bonds. The van der Waals surface area contributed by atoms with Crippen molar-refractivity contribution in [2.75, 3.05) is 26.3 Å². The molecule has 0 radical (unpaired) electrons. The Labute approximate surface area is 241 Å². The molecular weight excluding hydrogens is 498 g/mol. The van der Waals surface area contributed by atoms with Gasteiger partial charge in [0.05, 0.1) is 26.4 Å². The summed E-state index contributed by atoms with van der Waals surface area (Å²) < 4.78 is 12.9. The number of fused-ring (bicyclic) bond motifs is 1. The van der Waals surface area contributed by atoms with Gasteiger partial charge < -0.3 is 19.5 Å². The van der Waals surface area contributed by atoms with Crippen LogP contribution in [0.2, 0.25) is 0 Å². The van der Waals surface area contributed by atoms with Crippen molar-refractivity contribution in [1.82, 2.24) is 4.90 Å². The minimum Gasteiger partial charge on any atom is -0.384 e. The Morgan fingerprint density at radius 3 is 1.82 bits per heavy atom. The number of benzene rings is 2. The Bertz CT molecular complexity index is 1090. The van der Waals surface area contributed by atoms with Gasteiger partial charge in [-0.05, 0) is 55.6 Å². The first-order valence-corrected chi connectivity index (χ1v) is 15.1. The number of rotatable bonds is 13. The number of hydrogen-bond donors (Lipinski definition) is 1. The van der Waals surface area contributed by atoms with Crippen LogP contribution in [-0.2, 0) is 27.5 Å². The summed E-state index contributed by atoms with van der Waals surface area (Å²) in [5.41, 5.74) is 2.67. The largest absolute Gasteiger partial charge is 0.384 e. The number of aliphatic hydroxyl groups is 1. The third-order valence-electron chi connectivity index (χ3n) is 9.27.